The smallest absolute Gasteiger partial charge is 0.317 e. The Balaban J connectivity index is 4.95. The molecule has 0 fully saturated rings. The standard InChI is InChI=1S/C13H25N3O10S/c17-8-9(18)5-14-2-3-15-13(23)10(1-4-27(24,25)26)16(6-11(19)20)7-12(21)22/h9-10,14,17-18H,1-8H2,(H,15,23)(H,19,20)(H,21,22)(H,24,25,26). The third kappa shape index (κ3) is 13.0. The van der Waals surface area contributed by atoms with Crippen LogP contribution >= 0.6 is 0 Å². The molecule has 0 aliphatic rings. The van der Waals surface area contributed by atoms with E-state index in [9.17, 15) is 22.8 Å². The van der Waals surface area contributed by atoms with Gasteiger partial charge in [-0.05, 0) is 6.42 Å². The summed E-state index contributed by atoms with van der Waals surface area (Å²) in [6.45, 7) is -1.86. The van der Waals surface area contributed by atoms with Gasteiger partial charge in [0.15, 0.2) is 0 Å². The van der Waals surface area contributed by atoms with Crippen LogP contribution < -0.4 is 10.6 Å². The second-order valence-electron chi connectivity index (χ2n) is 5.61. The molecule has 0 aromatic heterocycles. The zero-order chi connectivity index (χ0) is 21.0. The largest absolute Gasteiger partial charge is 0.480 e. The molecule has 14 heteroatoms. The number of carboxylic acid groups (broad SMARTS) is 2. The fourth-order valence-electron chi connectivity index (χ4n) is 2.09. The van der Waals surface area contributed by atoms with Gasteiger partial charge < -0.3 is 31.1 Å². The van der Waals surface area contributed by atoms with Crippen LogP contribution in [0.5, 0.6) is 0 Å². The molecular weight excluding hydrogens is 390 g/mol. The molecule has 0 bridgehead atoms. The number of aliphatic carboxylic acids is 2. The minimum atomic E-state index is -4.45. The summed E-state index contributed by atoms with van der Waals surface area (Å²) in [5.74, 6) is -4.51. The molecule has 0 saturated heterocycles. The summed E-state index contributed by atoms with van der Waals surface area (Å²) >= 11 is 0. The second kappa shape index (κ2) is 12.5. The van der Waals surface area contributed by atoms with Crippen LogP contribution in [-0.2, 0) is 24.5 Å². The predicted molar refractivity (Wildman–Crippen MR) is 90.6 cm³/mol. The number of hydrogen-bond acceptors (Lipinski definition) is 9. The van der Waals surface area contributed by atoms with Crippen molar-refractivity contribution in [2.75, 3.05) is 45.1 Å². The van der Waals surface area contributed by atoms with Gasteiger partial charge in [0.05, 0.1) is 37.6 Å². The zero-order valence-corrected chi connectivity index (χ0v) is 15.3. The van der Waals surface area contributed by atoms with Crippen molar-refractivity contribution in [1.29, 1.82) is 0 Å². The monoisotopic (exact) mass is 415 g/mol. The summed E-state index contributed by atoms with van der Waals surface area (Å²) < 4.78 is 30.7. The van der Waals surface area contributed by atoms with Gasteiger partial charge in [-0.15, -0.1) is 0 Å². The summed E-state index contributed by atoms with van der Waals surface area (Å²) in [7, 11) is -4.45. The quantitative estimate of drug-likeness (QED) is 0.101. The first kappa shape index (κ1) is 25.2. The van der Waals surface area contributed by atoms with Crippen LogP contribution in [0.15, 0.2) is 0 Å². The topological polar surface area (TPSA) is 214 Å². The first-order chi connectivity index (χ1) is 12.5. The maximum Gasteiger partial charge on any atom is 0.317 e. The highest BCUT2D eigenvalue weighted by atomic mass is 32.2. The lowest BCUT2D eigenvalue weighted by molar-refractivity contribution is -0.144. The number of aliphatic hydroxyl groups is 2. The lowest BCUT2D eigenvalue weighted by atomic mass is 10.1. The SMILES string of the molecule is O=C(O)CN(CC(=O)O)C(CCS(=O)(=O)O)C(=O)NCCNCC(O)CO. The molecule has 158 valence electrons. The van der Waals surface area contributed by atoms with Crippen molar-refractivity contribution in [3.05, 3.63) is 0 Å². The number of amides is 1. The van der Waals surface area contributed by atoms with Gasteiger partial charge in [0.2, 0.25) is 5.91 Å². The number of rotatable bonds is 15. The average Bonchev–Trinajstić information content (AvgIpc) is 2.52. The van der Waals surface area contributed by atoms with Crippen molar-refractivity contribution >= 4 is 28.0 Å². The maximum absolute atomic E-state index is 12.3. The van der Waals surface area contributed by atoms with Crippen LogP contribution in [0.4, 0.5) is 0 Å². The first-order valence-electron chi connectivity index (χ1n) is 7.86. The average molecular weight is 415 g/mol. The molecule has 0 heterocycles. The summed E-state index contributed by atoms with van der Waals surface area (Å²) in [5.41, 5.74) is 0. The van der Waals surface area contributed by atoms with Gasteiger partial charge in [-0.3, -0.25) is 23.8 Å². The zero-order valence-electron chi connectivity index (χ0n) is 14.4. The third-order valence-corrected chi connectivity index (χ3v) is 4.01. The third-order valence-electron chi connectivity index (χ3n) is 3.26. The van der Waals surface area contributed by atoms with E-state index < -0.39 is 72.0 Å². The minimum absolute atomic E-state index is 0.00728. The second-order valence-corrected chi connectivity index (χ2v) is 7.19. The van der Waals surface area contributed by atoms with E-state index >= 15 is 0 Å². The molecule has 7 N–H and O–H groups in total. The van der Waals surface area contributed by atoms with Crippen molar-refractivity contribution in [1.82, 2.24) is 15.5 Å². The van der Waals surface area contributed by atoms with Crippen LogP contribution in [0.25, 0.3) is 0 Å². The molecule has 0 aliphatic carbocycles. The van der Waals surface area contributed by atoms with Crippen LogP contribution in [-0.4, -0.2) is 113 Å². The van der Waals surface area contributed by atoms with Crippen LogP contribution in [0.3, 0.4) is 0 Å². The fraction of sp³-hybridized carbons (Fsp3) is 0.769. The molecule has 0 aliphatic heterocycles. The van der Waals surface area contributed by atoms with Crippen LogP contribution in [0.1, 0.15) is 6.42 Å². The summed E-state index contributed by atoms with van der Waals surface area (Å²) in [6, 6.07) is -1.41. The van der Waals surface area contributed by atoms with E-state index in [2.05, 4.69) is 10.6 Å². The Kier molecular flexibility index (Phi) is 11.7. The molecule has 1 amide bonds. The van der Waals surface area contributed by atoms with Crippen LogP contribution in [0, 0.1) is 0 Å². The van der Waals surface area contributed by atoms with Crippen molar-refractivity contribution < 1.29 is 47.8 Å². The van der Waals surface area contributed by atoms with E-state index in [1.165, 1.54) is 0 Å². The number of carbonyl (C=O) groups is 3. The number of nitrogens with zero attached hydrogens (tertiary/aromatic N) is 1. The molecule has 2 atom stereocenters. The Bertz CT molecular complexity index is 581. The molecule has 0 aromatic carbocycles. The van der Waals surface area contributed by atoms with Crippen molar-refractivity contribution in [2.45, 2.75) is 18.6 Å². The van der Waals surface area contributed by atoms with Crippen LogP contribution in [0.2, 0.25) is 0 Å². The van der Waals surface area contributed by atoms with Gasteiger partial charge >= 0.3 is 11.9 Å². The lowest BCUT2D eigenvalue weighted by Gasteiger charge is -2.27. The lowest BCUT2D eigenvalue weighted by Crippen LogP contribution is -2.52. The normalized spacial score (nSPS) is 13.9. The minimum Gasteiger partial charge on any atom is -0.480 e. The van der Waals surface area contributed by atoms with E-state index in [1.807, 2.05) is 0 Å². The van der Waals surface area contributed by atoms with Crippen molar-refractivity contribution in [3.8, 4) is 0 Å². The van der Waals surface area contributed by atoms with Crippen molar-refractivity contribution in [2.24, 2.45) is 0 Å². The van der Waals surface area contributed by atoms with E-state index in [-0.39, 0.29) is 19.6 Å². The molecular formula is C13H25N3O10S. The Hall–Kier alpha value is -1.84. The fourth-order valence-corrected chi connectivity index (χ4v) is 2.61. The predicted octanol–water partition coefficient (Wildman–Crippen LogP) is -3.84. The van der Waals surface area contributed by atoms with Gasteiger partial charge in [-0.1, -0.05) is 0 Å². The molecule has 0 radical (unpaired) electrons. The van der Waals surface area contributed by atoms with Gasteiger partial charge in [-0.2, -0.15) is 8.42 Å². The van der Waals surface area contributed by atoms with E-state index in [4.69, 9.17) is 25.0 Å². The van der Waals surface area contributed by atoms with Gasteiger partial charge in [0, 0.05) is 19.6 Å². The number of hydrogen-bond donors (Lipinski definition) is 7. The molecule has 13 nitrogen and oxygen atoms in total. The van der Waals surface area contributed by atoms with E-state index in [1.54, 1.807) is 0 Å². The summed E-state index contributed by atoms with van der Waals surface area (Å²) in [4.78, 5) is 34.9. The highest BCUT2D eigenvalue weighted by Gasteiger charge is 2.30. The Morgan fingerprint density at radius 3 is 2.04 bits per heavy atom. The van der Waals surface area contributed by atoms with Gasteiger partial charge in [0.1, 0.15) is 0 Å². The highest BCUT2D eigenvalue weighted by molar-refractivity contribution is 7.85. The van der Waals surface area contributed by atoms with Gasteiger partial charge in [-0.25, -0.2) is 0 Å². The molecule has 0 rings (SSSR count). The van der Waals surface area contributed by atoms with Gasteiger partial charge in [0.25, 0.3) is 10.1 Å². The molecule has 0 spiro atoms. The summed E-state index contributed by atoms with van der Waals surface area (Å²) in [5, 5.41) is 40.7. The number of carboxylic acids is 2. The van der Waals surface area contributed by atoms with E-state index in [0.717, 1.165) is 4.90 Å². The molecule has 27 heavy (non-hydrogen) atoms. The first-order valence-corrected chi connectivity index (χ1v) is 9.47. The van der Waals surface area contributed by atoms with E-state index in [0.29, 0.717) is 0 Å². The Labute approximate surface area is 155 Å². The summed E-state index contributed by atoms with van der Waals surface area (Å²) in [6.07, 6.45) is -1.49. The number of aliphatic hydroxyl groups excluding tert-OH is 2. The Morgan fingerprint density at radius 1 is 1.04 bits per heavy atom. The molecule has 0 aromatic rings. The number of carbonyl (C=O) groups excluding carboxylic acids is 1. The number of nitrogens with one attached hydrogen (secondary N) is 2. The molecule has 2 unspecified atom stereocenters. The molecule has 0 saturated carbocycles. The maximum atomic E-state index is 12.3. The highest BCUT2D eigenvalue weighted by Crippen LogP contribution is 2.07. The Morgan fingerprint density at radius 2 is 1.59 bits per heavy atom. The van der Waals surface area contributed by atoms with Crippen molar-refractivity contribution in [3.63, 3.8) is 0 Å².